The molecule has 0 aliphatic carbocycles. The van der Waals surface area contributed by atoms with Crippen LogP contribution in [0.25, 0.3) is 0 Å². The van der Waals surface area contributed by atoms with Crippen molar-refractivity contribution in [3.8, 4) is 0 Å². The van der Waals surface area contributed by atoms with Crippen LogP contribution in [-0.4, -0.2) is 56.8 Å². The Morgan fingerprint density at radius 3 is 2.88 bits per heavy atom. The summed E-state index contributed by atoms with van der Waals surface area (Å²) in [6, 6.07) is 7.20. The van der Waals surface area contributed by atoms with Crippen molar-refractivity contribution in [2.45, 2.75) is 36.2 Å². The van der Waals surface area contributed by atoms with Crippen LogP contribution in [0.4, 0.5) is 0 Å². The van der Waals surface area contributed by atoms with E-state index in [0.717, 1.165) is 32.4 Å². The topological polar surface area (TPSA) is 90.9 Å². The molecule has 128 valence electrons. The zero-order valence-corrected chi connectivity index (χ0v) is 14.1. The first kappa shape index (κ1) is 15.6. The van der Waals surface area contributed by atoms with E-state index in [9.17, 15) is 13.2 Å². The van der Waals surface area contributed by atoms with Crippen LogP contribution in [0.3, 0.4) is 0 Å². The molecule has 2 unspecified atom stereocenters. The Morgan fingerprint density at radius 1 is 1.21 bits per heavy atom. The summed E-state index contributed by atoms with van der Waals surface area (Å²) in [6.07, 6.45) is 3.04. The number of hydrogen-bond acceptors (Lipinski definition) is 5. The molecule has 1 aromatic carbocycles. The maximum atomic E-state index is 12.7. The van der Waals surface area contributed by atoms with Crippen LogP contribution in [0.2, 0.25) is 0 Å². The van der Waals surface area contributed by atoms with Crippen LogP contribution in [-0.2, 0) is 14.8 Å². The minimum Gasteiger partial charge on any atom is -0.334 e. The second-order valence-electron chi connectivity index (χ2n) is 6.45. The van der Waals surface area contributed by atoms with E-state index in [0.29, 0.717) is 5.56 Å². The average Bonchev–Trinajstić information content (AvgIpc) is 2.98. The molecule has 0 aromatic heterocycles. The Labute approximate surface area is 141 Å². The smallest absolute Gasteiger partial charge is 0.263 e. The lowest BCUT2D eigenvalue weighted by atomic mass is 10.1. The lowest BCUT2D eigenvalue weighted by Crippen LogP contribution is -2.43. The van der Waals surface area contributed by atoms with Gasteiger partial charge in [-0.2, -0.15) is 0 Å². The Morgan fingerprint density at radius 2 is 2.00 bits per heavy atom. The number of nitrogens with one attached hydrogen (secondary N) is 2. The van der Waals surface area contributed by atoms with Crippen molar-refractivity contribution in [2.75, 3.05) is 19.6 Å². The van der Waals surface area contributed by atoms with Crippen LogP contribution >= 0.6 is 0 Å². The number of fused-ring (bicyclic) bond motifs is 3. The highest BCUT2D eigenvalue weighted by atomic mass is 32.2. The first-order valence-corrected chi connectivity index (χ1v) is 9.73. The number of sulfonamides is 1. The molecule has 7 nitrogen and oxygen atoms in total. The molecule has 2 bridgehead atoms. The molecule has 3 heterocycles. The van der Waals surface area contributed by atoms with Gasteiger partial charge in [-0.1, -0.05) is 12.1 Å². The van der Waals surface area contributed by atoms with Crippen molar-refractivity contribution in [1.82, 2.24) is 14.9 Å². The fourth-order valence-electron chi connectivity index (χ4n) is 3.87. The molecule has 4 rings (SSSR count). The summed E-state index contributed by atoms with van der Waals surface area (Å²) < 4.78 is 26.6. The molecule has 1 amide bonds. The minimum atomic E-state index is -3.56. The zero-order valence-electron chi connectivity index (χ0n) is 13.2. The van der Waals surface area contributed by atoms with Gasteiger partial charge < -0.3 is 10.2 Å². The number of aliphatic imine (C=N–C) groups is 1. The normalized spacial score (nSPS) is 29.2. The number of carbonyl (C=O) groups excluding carboxylic acids is 1. The number of benzene rings is 1. The highest BCUT2D eigenvalue weighted by Crippen LogP contribution is 2.28. The standard InChI is InChI=1S/C16H20N4O3S/c21-15(20-11-5-6-12(20)9-17-8-7-11)10-18-16-13-3-1-2-4-14(13)24(22,23)19-16/h1-4,11-12,17H,5-10H2,(H,18,19). The molecule has 2 atom stereocenters. The van der Waals surface area contributed by atoms with Crippen molar-refractivity contribution in [3.05, 3.63) is 29.8 Å². The van der Waals surface area contributed by atoms with Gasteiger partial charge in [-0.25, -0.2) is 8.42 Å². The molecular formula is C16H20N4O3S. The van der Waals surface area contributed by atoms with E-state index in [1.54, 1.807) is 24.3 Å². The summed E-state index contributed by atoms with van der Waals surface area (Å²) >= 11 is 0. The van der Waals surface area contributed by atoms with Gasteiger partial charge in [-0.3, -0.25) is 14.5 Å². The number of amidine groups is 1. The third kappa shape index (κ3) is 2.59. The summed E-state index contributed by atoms with van der Waals surface area (Å²) in [5.41, 5.74) is 0.533. The van der Waals surface area contributed by atoms with Crippen molar-refractivity contribution < 1.29 is 13.2 Å². The van der Waals surface area contributed by atoms with Crippen LogP contribution in [0.1, 0.15) is 24.8 Å². The fraction of sp³-hybridized carbons (Fsp3) is 0.500. The maximum Gasteiger partial charge on any atom is 0.263 e. The Balaban J connectivity index is 1.55. The summed E-state index contributed by atoms with van der Waals surface area (Å²) in [4.78, 5) is 19.1. The largest absolute Gasteiger partial charge is 0.334 e. The first-order valence-electron chi connectivity index (χ1n) is 8.25. The van der Waals surface area contributed by atoms with Gasteiger partial charge in [0.2, 0.25) is 5.91 Å². The monoisotopic (exact) mass is 348 g/mol. The highest BCUT2D eigenvalue weighted by molar-refractivity contribution is 7.90. The van der Waals surface area contributed by atoms with Crippen LogP contribution in [0.5, 0.6) is 0 Å². The number of hydrogen-bond donors (Lipinski definition) is 2. The van der Waals surface area contributed by atoms with E-state index in [4.69, 9.17) is 0 Å². The Kier molecular flexibility index (Phi) is 3.80. The molecule has 0 spiro atoms. The number of rotatable bonds is 2. The van der Waals surface area contributed by atoms with Gasteiger partial charge in [-0.15, -0.1) is 0 Å². The summed E-state index contributed by atoms with van der Waals surface area (Å²) in [6.45, 7) is 1.74. The van der Waals surface area contributed by atoms with E-state index < -0.39 is 10.0 Å². The SMILES string of the molecule is O=C(CN=C1NS(=O)(=O)c2ccccc21)N1C2CCNCC1CC2. The quantitative estimate of drug-likeness (QED) is 0.792. The molecule has 2 N–H and O–H groups in total. The molecule has 0 saturated carbocycles. The van der Waals surface area contributed by atoms with Crippen LogP contribution in [0.15, 0.2) is 34.2 Å². The highest BCUT2D eigenvalue weighted by Gasteiger charge is 2.38. The summed E-state index contributed by atoms with van der Waals surface area (Å²) in [5.74, 6) is 0.238. The number of nitrogens with zero attached hydrogens (tertiary/aromatic N) is 2. The number of carbonyl (C=O) groups is 1. The Bertz CT molecular complexity index is 791. The van der Waals surface area contributed by atoms with E-state index in [-0.39, 0.29) is 35.3 Å². The molecule has 24 heavy (non-hydrogen) atoms. The summed E-state index contributed by atoms with van der Waals surface area (Å²) in [7, 11) is -3.56. The van der Waals surface area contributed by atoms with Crippen LogP contribution in [0, 0.1) is 0 Å². The second-order valence-corrected chi connectivity index (χ2v) is 8.10. The van der Waals surface area contributed by atoms with Crippen molar-refractivity contribution >= 4 is 21.8 Å². The van der Waals surface area contributed by atoms with Gasteiger partial charge in [0, 0.05) is 24.2 Å². The lowest BCUT2D eigenvalue weighted by molar-refractivity contribution is -0.132. The van der Waals surface area contributed by atoms with Gasteiger partial charge in [-0.05, 0) is 37.9 Å². The summed E-state index contributed by atoms with van der Waals surface area (Å²) in [5, 5.41) is 3.36. The molecule has 1 aromatic rings. The maximum absolute atomic E-state index is 12.7. The molecule has 3 aliphatic rings. The molecule has 3 aliphatic heterocycles. The molecule has 2 fully saturated rings. The Hall–Kier alpha value is -1.93. The van der Waals surface area contributed by atoms with E-state index in [1.807, 2.05) is 4.90 Å². The van der Waals surface area contributed by atoms with Gasteiger partial charge in [0.15, 0.2) is 0 Å². The molecule has 8 heteroatoms. The molecule has 2 saturated heterocycles. The van der Waals surface area contributed by atoms with E-state index in [1.165, 1.54) is 0 Å². The van der Waals surface area contributed by atoms with E-state index in [2.05, 4.69) is 15.0 Å². The van der Waals surface area contributed by atoms with Gasteiger partial charge >= 0.3 is 0 Å². The average molecular weight is 348 g/mol. The van der Waals surface area contributed by atoms with Crippen molar-refractivity contribution in [3.63, 3.8) is 0 Å². The third-order valence-electron chi connectivity index (χ3n) is 4.98. The van der Waals surface area contributed by atoms with Gasteiger partial charge in [0.05, 0.1) is 4.90 Å². The molecule has 0 radical (unpaired) electrons. The van der Waals surface area contributed by atoms with E-state index >= 15 is 0 Å². The third-order valence-corrected chi connectivity index (χ3v) is 6.37. The predicted octanol–water partition coefficient (Wildman–Crippen LogP) is 0.0780. The van der Waals surface area contributed by atoms with Crippen molar-refractivity contribution in [2.24, 2.45) is 4.99 Å². The lowest BCUT2D eigenvalue weighted by Gasteiger charge is -2.27. The number of amides is 1. The first-order chi connectivity index (χ1) is 11.6. The fourth-order valence-corrected chi connectivity index (χ4v) is 5.12. The van der Waals surface area contributed by atoms with Gasteiger partial charge in [0.25, 0.3) is 10.0 Å². The zero-order chi connectivity index (χ0) is 16.7. The van der Waals surface area contributed by atoms with Crippen LogP contribution < -0.4 is 10.0 Å². The van der Waals surface area contributed by atoms with Gasteiger partial charge in [0.1, 0.15) is 12.4 Å². The minimum absolute atomic E-state index is 0.0257. The van der Waals surface area contributed by atoms with Crippen molar-refractivity contribution in [1.29, 1.82) is 0 Å². The second kappa shape index (κ2) is 5.86. The molecular weight excluding hydrogens is 328 g/mol. The predicted molar refractivity (Wildman–Crippen MR) is 89.3 cm³/mol.